The highest BCUT2D eigenvalue weighted by molar-refractivity contribution is 8.00. The van der Waals surface area contributed by atoms with Crippen molar-refractivity contribution < 1.29 is 4.79 Å². The summed E-state index contributed by atoms with van der Waals surface area (Å²) in [6, 6.07) is 9.07. The van der Waals surface area contributed by atoms with Gasteiger partial charge < -0.3 is 10.6 Å². The molecule has 118 valence electrons. The van der Waals surface area contributed by atoms with Gasteiger partial charge in [-0.25, -0.2) is 0 Å². The van der Waals surface area contributed by atoms with E-state index in [9.17, 15) is 4.79 Å². The zero-order valence-electron chi connectivity index (χ0n) is 13.6. The summed E-state index contributed by atoms with van der Waals surface area (Å²) < 4.78 is 0. The van der Waals surface area contributed by atoms with Crippen molar-refractivity contribution in [3.8, 4) is 0 Å². The number of hydrogen-bond acceptors (Lipinski definition) is 3. The molecule has 0 spiro atoms. The largest absolute Gasteiger partial charge is 0.353 e. The fourth-order valence-corrected chi connectivity index (χ4v) is 2.98. The van der Waals surface area contributed by atoms with Gasteiger partial charge in [0.05, 0.1) is 5.75 Å². The van der Waals surface area contributed by atoms with Gasteiger partial charge in [0.15, 0.2) is 0 Å². The van der Waals surface area contributed by atoms with Crippen LogP contribution in [0.2, 0.25) is 0 Å². The monoisotopic (exact) mass is 308 g/mol. The second kappa shape index (κ2) is 9.85. The first-order valence-corrected chi connectivity index (χ1v) is 8.84. The van der Waals surface area contributed by atoms with E-state index in [0.717, 1.165) is 24.3 Å². The van der Waals surface area contributed by atoms with Gasteiger partial charge in [-0.1, -0.05) is 32.9 Å². The number of carbonyl (C=O) groups excluding carboxylic acids is 1. The van der Waals surface area contributed by atoms with E-state index in [1.54, 1.807) is 11.8 Å². The molecule has 1 aromatic rings. The highest BCUT2D eigenvalue weighted by Gasteiger charge is 2.09. The third-order valence-corrected chi connectivity index (χ3v) is 4.58. The van der Waals surface area contributed by atoms with Crippen LogP contribution >= 0.6 is 11.8 Å². The Balaban J connectivity index is 2.51. The van der Waals surface area contributed by atoms with Crippen molar-refractivity contribution in [2.24, 2.45) is 0 Å². The molecule has 1 atom stereocenters. The number of hydrogen-bond donors (Lipinski definition) is 2. The van der Waals surface area contributed by atoms with E-state index in [-0.39, 0.29) is 5.91 Å². The number of carbonyl (C=O) groups is 1. The maximum Gasteiger partial charge on any atom is 0.230 e. The maximum absolute atomic E-state index is 11.9. The molecule has 0 aliphatic rings. The summed E-state index contributed by atoms with van der Waals surface area (Å²) in [7, 11) is 0. The molecular weight excluding hydrogens is 280 g/mol. The molecule has 0 aromatic heterocycles. The minimum atomic E-state index is 0.124. The molecular formula is C17H28N2OS. The fourth-order valence-electron chi connectivity index (χ4n) is 2.21. The average Bonchev–Trinajstić information content (AvgIpc) is 2.51. The summed E-state index contributed by atoms with van der Waals surface area (Å²) in [4.78, 5) is 13.1. The van der Waals surface area contributed by atoms with Crippen LogP contribution in [0.4, 0.5) is 0 Å². The van der Waals surface area contributed by atoms with Crippen molar-refractivity contribution in [3.05, 3.63) is 29.8 Å². The molecule has 0 bridgehead atoms. The van der Waals surface area contributed by atoms with Gasteiger partial charge in [0.1, 0.15) is 0 Å². The standard InChI is InChI=1S/C17H28N2OS/c1-5-15(6-2)19-17(20)12-21-16-10-8-9-14(11-16)13(4)18-7-3/h8-11,13,15,18H,5-7,12H2,1-4H3,(H,19,20). The molecule has 0 saturated heterocycles. The topological polar surface area (TPSA) is 41.1 Å². The maximum atomic E-state index is 11.9. The van der Waals surface area contributed by atoms with Crippen LogP contribution in [0.15, 0.2) is 29.2 Å². The SMILES string of the molecule is CCNC(C)c1cccc(SCC(=O)NC(CC)CC)c1. The van der Waals surface area contributed by atoms with Gasteiger partial charge in [-0.15, -0.1) is 11.8 Å². The number of thioether (sulfide) groups is 1. The zero-order valence-corrected chi connectivity index (χ0v) is 14.4. The van der Waals surface area contributed by atoms with Crippen LogP contribution in [0.25, 0.3) is 0 Å². The van der Waals surface area contributed by atoms with Crippen molar-refractivity contribution >= 4 is 17.7 Å². The van der Waals surface area contributed by atoms with E-state index >= 15 is 0 Å². The predicted molar refractivity (Wildman–Crippen MR) is 91.8 cm³/mol. The smallest absolute Gasteiger partial charge is 0.230 e. The summed E-state index contributed by atoms with van der Waals surface area (Å²) >= 11 is 1.60. The van der Waals surface area contributed by atoms with E-state index in [1.807, 2.05) is 0 Å². The number of nitrogens with one attached hydrogen (secondary N) is 2. The first-order valence-electron chi connectivity index (χ1n) is 7.86. The highest BCUT2D eigenvalue weighted by Crippen LogP contribution is 2.22. The van der Waals surface area contributed by atoms with E-state index in [1.165, 1.54) is 5.56 Å². The molecule has 3 nitrogen and oxygen atoms in total. The molecule has 0 heterocycles. The molecule has 4 heteroatoms. The second-order valence-corrected chi connectivity index (χ2v) is 6.27. The molecule has 0 radical (unpaired) electrons. The number of rotatable bonds is 9. The van der Waals surface area contributed by atoms with E-state index in [2.05, 4.69) is 62.6 Å². The Morgan fingerprint density at radius 1 is 1.24 bits per heavy atom. The van der Waals surface area contributed by atoms with Gasteiger partial charge in [0.2, 0.25) is 5.91 Å². The average molecular weight is 308 g/mol. The Labute approximate surface area is 133 Å². The quantitative estimate of drug-likeness (QED) is 0.683. The van der Waals surface area contributed by atoms with Crippen molar-refractivity contribution in [2.45, 2.75) is 57.5 Å². The third kappa shape index (κ3) is 6.53. The molecule has 0 fully saturated rings. The summed E-state index contributed by atoms with van der Waals surface area (Å²) in [6.07, 6.45) is 1.98. The van der Waals surface area contributed by atoms with Gasteiger partial charge in [0, 0.05) is 17.0 Å². The van der Waals surface area contributed by atoms with Crippen LogP contribution in [-0.4, -0.2) is 24.2 Å². The van der Waals surface area contributed by atoms with Crippen LogP contribution < -0.4 is 10.6 Å². The second-order valence-electron chi connectivity index (χ2n) is 5.22. The Bertz CT molecular complexity index is 433. The first kappa shape index (κ1) is 18.1. The van der Waals surface area contributed by atoms with Crippen LogP contribution in [0.3, 0.4) is 0 Å². The van der Waals surface area contributed by atoms with Gasteiger partial charge in [-0.05, 0) is 44.0 Å². The molecule has 21 heavy (non-hydrogen) atoms. The van der Waals surface area contributed by atoms with Gasteiger partial charge in [-0.2, -0.15) is 0 Å². The number of benzene rings is 1. The van der Waals surface area contributed by atoms with Gasteiger partial charge >= 0.3 is 0 Å². The van der Waals surface area contributed by atoms with Gasteiger partial charge in [0.25, 0.3) is 0 Å². The van der Waals surface area contributed by atoms with Crippen LogP contribution in [0.5, 0.6) is 0 Å². The summed E-state index contributed by atoms with van der Waals surface area (Å²) in [5.74, 6) is 0.606. The first-order chi connectivity index (χ1) is 10.1. The summed E-state index contributed by atoms with van der Waals surface area (Å²) in [5.41, 5.74) is 1.27. The van der Waals surface area contributed by atoms with Crippen molar-refractivity contribution in [1.29, 1.82) is 0 Å². The molecule has 0 aliphatic heterocycles. The predicted octanol–water partition coefficient (Wildman–Crippen LogP) is 3.75. The molecule has 0 saturated carbocycles. The third-order valence-electron chi connectivity index (χ3n) is 3.59. The van der Waals surface area contributed by atoms with Crippen molar-refractivity contribution in [3.63, 3.8) is 0 Å². The minimum absolute atomic E-state index is 0.124. The molecule has 1 rings (SSSR count). The van der Waals surface area contributed by atoms with E-state index < -0.39 is 0 Å². The highest BCUT2D eigenvalue weighted by atomic mass is 32.2. The Hall–Kier alpha value is -1.00. The number of amides is 1. The molecule has 1 aromatic carbocycles. The van der Waals surface area contributed by atoms with Gasteiger partial charge in [-0.3, -0.25) is 4.79 Å². The molecule has 1 amide bonds. The zero-order chi connectivity index (χ0) is 15.7. The Morgan fingerprint density at radius 3 is 2.57 bits per heavy atom. The summed E-state index contributed by atoms with van der Waals surface area (Å²) in [5, 5.41) is 6.48. The minimum Gasteiger partial charge on any atom is -0.353 e. The lowest BCUT2D eigenvalue weighted by Crippen LogP contribution is -2.34. The van der Waals surface area contributed by atoms with E-state index in [0.29, 0.717) is 17.8 Å². The Kier molecular flexibility index (Phi) is 8.47. The summed E-state index contributed by atoms with van der Waals surface area (Å²) in [6.45, 7) is 9.43. The van der Waals surface area contributed by atoms with Crippen molar-refractivity contribution in [2.75, 3.05) is 12.3 Å². The lowest BCUT2D eigenvalue weighted by molar-refractivity contribution is -0.119. The van der Waals surface area contributed by atoms with Crippen LogP contribution in [0, 0.1) is 0 Å². The normalized spacial score (nSPS) is 12.4. The fraction of sp³-hybridized carbons (Fsp3) is 0.588. The van der Waals surface area contributed by atoms with Crippen LogP contribution in [0.1, 0.15) is 52.1 Å². The molecule has 1 unspecified atom stereocenters. The molecule has 2 N–H and O–H groups in total. The van der Waals surface area contributed by atoms with Crippen LogP contribution in [-0.2, 0) is 4.79 Å². The van der Waals surface area contributed by atoms with E-state index in [4.69, 9.17) is 0 Å². The Morgan fingerprint density at radius 2 is 1.95 bits per heavy atom. The van der Waals surface area contributed by atoms with Crippen molar-refractivity contribution in [1.82, 2.24) is 10.6 Å². The lowest BCUT2D eigenvalue weighted by atomic mass is 10.1. The lowest BCUT2D eigenvalue weighted by Gasteiger charge is -2.15. The molecule has 0 aliphatic carbocycles.